The highest BCUT2D eigenvalue weighted by molar-refractivity contribution is 6.02. The van der Waals surface area contributed by atoms with Crippen molar-refractivity contribution in [1.29, 1.82) is 5.26 Å². The van der Waals surface area contributed by atoms with Crippen LogP contribution in [0.4, 0.5) is 5.69 Å². The lowest BCUT2D eigenvalue weighted by Gasteiger charge is -2.40. The molecule has 0 saturated carbocycles. The van der Waals surface area contributed by atoms with Crippen LogP contribution in [0.25, 0.3) is 16.8 Å². The van der Waals surface area contributed by atoms with Crippen LogP contribution in [0.15, 0.2) is 48.2 Å². The van der Waals surface area contributed by atoms with Gasteiger partial charge in [-0.2, -0.15) is 5.26 Å². The van der Waals surface area contributed by atoms with Crippen LogP contribution >= 0.6 is 0 Å². The number of carbonyl (C=O) groups excluding carboxylic acids is 1. The normalized spacial score (nSPS) is 24.3. The monoisotopic (exact) mass is 606 g/mol. The van der Waals surface area contributed by atoms with E-state index in [4.69, 9.17) is 18.9 Å². The summed E-state index contributed by atoms with van der Waals surface area (Å²) in [5, 5.41) is 43.2. The van der Waals surface area contributed by atoms with E-state index in [1.807, 2.05) is 24.3 Å². The zero-order valence-corrected chi connectivity index (χ0v) is 24.8. The number of nitrogens with one attached hydrogen (secondary N) is 1. The van der Waals surface area contributed by atoms with E-state index in [-0.39, 0.29) is 31.9 Å². The van der Waals surface area contributed by atoms with Crippen molar-refractivity contribution < 1.29 is 34.0 Å². The average molecular weight is 607 g/mol. The first-order valence-corrected chi connectivity index (χ1v) is 14.6. The van der Waals surface area contributed by atoms with Gasteiger partial charge in [-0.05, 0) is 40.6 Å². The molecule has 3 heterocycles. The number of ether oxygens (including phenoxy) is 4. The molecule has 5 rings (SSSR count). The van der Waals surface area contributed by atoms with E-state index < -0.39 is 36.4 Å². The van der Waals surface area contributed by atoms with Crippen LogP contribution in [-0.2, 0) is 36.9 Å². The van der Waals surface area contributed by atoms with Gasteiger partial charge in [-0.15, -0.1) is 5.10 Å². The number of aromatic nitrogens is 3. The SMILES string of the molecule is CO[C@H]1O[C@H](Cn2cc(COCCNC(=O)/C(C#N)=C/c3ccc4cc(N5CCOCC5)ccc4c3)nn2)[C@@H](O)[C@H](C)[C@H]1O. The van der Waals surface area contributed by atoms with E-state index >= 15 is 0 Å². The molecular weight excluding hydrogens is 568 g/mol. The van der Waals surface area contributed by atoms with Gasteiger partial charge in [0.2, 0.25) is 0 Å². The number of aliphatic hydroxyl groups excluding tert-OH is 2. The molecule has 13 heteroatoms. The zero-order valence-electron chi connectivity index (χ0n) is 24.8. The minimum atomic E-state index is -0.931. The molecule has 0 radical (unpaired) electrons. The summed E-state index contributed by atoms with van der Waals surface area (Å²) in [5.41, 5.74) is 2.47. The van der Waals surface area contributed by atoms with Gasteiger partial charge < -0.3 is 39.4 Å². The van der Waals surface area contributed by atoms with Gasteiger partial charge in [0.25, 0.3) is 5.91 Å². The largest absolute Gasteiger partial charge is 0.390 e. The molecule has 2 aliphatic rings. The maximum absolute atomic E-state index is 12.6. The van der Waals surface area contributed by atoms with Crippen LogP contribution in [0.5, 0.6) is 0 Å². The second-order valence-electron chi connectivity index (χ2n) is 10.9. The fourth-order valence-electron chi connectivity index (χ4n) is 5.33. The molecule has 2 fully saturated rings. The molecule has 0 aliphatic carbocycles. The molecule has 2 aromatic carbocycles. The Morgan fingerprint density at radius 2 is 1.95 bits per heavy atom. The van der Waals surface area contributed by atoms with Crippen molar-refractivity contribution in [3.05, 3.63) is 59.4 Å². The Labute approximate surface area is 255 Å². The number of nitrogens with zero attached hydrogens (tertiary/aromatic N) is 5. The van der Waals surface area contributed by atoms with E-state index in [1.54, 1.807) is 19.2 Å². The summed E-state index contributed by atoms with van der Waals surface area (Å²) in [5.74, 6) is -0.914. The number of carbonyl (C=O) groups is 1. The number of nitriles is 1. The summed E-state index contributed by atoms with van der Waals surface area (Å²) in [7, 11) is 1.44. The van der Waals surface area contributed by atoms with Crippen molar-refractivity contribution in [3.8, 4) is 6.07 Å². The van der Waals surface area contributed by atoms with E-state index in [1.165, 1.54) is 11.8 Å². The lowest BCUT2D eigenvalue weighted by atomic mass is 9.90. The van der Waals surface area contributed by atoms with E-state index in [2.05, 4.69) is 38.7 Å². The third-order valence-electron chi connectivity index (χ3n) is 7.91. The maximum Gasteiger partial charge on any atom is 0.262 e. The van der Waals surface area contributed by atoms with Crippen LogP contribution in [0, 0.1) is 17.2 Å². The second kappa shape index (κ2) is 14.7. The molecule has 3 aromatic rings. The predicted molar refractivity (Wildman–Crippen MR) is 160 cm³/mol. The van der Waals surface area contributed by atoms with Crippen molar-refractivity contribution in [2.75, 3.05) is 51.5 Å². The number of aliphatic hydroxyl groups is 2. The summed E-state index contributed by atoms with van der Waals surface area (Å²) in [6.07, 6.45) is -0.0405. The minimum Gasteiger partial charge on any atom is -0.390 e. The summed E-state index contributed by atoms with van der Waals surface area (Å²) in [6.45, 7) is 5.69. The van der Waals surface area contributed by atoms with Gasteiger partial charge in [0, 0.05) is 38.3 Å². The Morgan fingerprint density at radius 3 is 2.73 bits per heavy atom. The fraction of sp³-hybridized carbons (Fsp3) is 0.484. The molecule has 0 spiro atoms. The standard InChI is InChI=1S/C31H38N6O7/c1-20-28(38)27(44-31(41-2)29(20)39)18-37-17-25(34-35-37)19-43-10-7-33-30(40)24(16-32)14-21-3-4-23-15-26(6-5-22(23)13-21)36-8-11-42-12-9-36/h3-6,13-15,17,20,27-29,31,38-39H,7-12,18-19H2,1-2H3,(H,33,40)/b24-14+/t20-,27+,28-,29+,31-/m0/s1. The van der Waals surface area contributed by atoms with Crippen LogP contribution in [0.2, 0.25) is 0 Å². The highest BCUT2D eigenvalue weighted by Crippen LogP contribution is 2.27. The van der Waals surface area contributed by atoms with Crippen LogP contribution in [0.1, 0.15) is 18.2 Å². The van der Waals surface area contributed by atoms with Gasteiger partial charge in [-0.25, -0.2) is 4.68 Å². The number of amides is 1. The highest BCUT2D eigenvalue weighted by atomic mass is 16.7. The van der Waals surface area contributed by atoms with Crippen molar-refractivity contribution in [2.24, 2.45) is 5.92 Å². The molecule has 5 atom stereocenters. The van der Waals surface area contributed by atoms with Gasteiger partial charge in [0.05, 0.1) is 45.3 Å². The molecule has 0 unspecified atom stereocenters. The Bertz CT molecular complexity index is 1500. The third kappa shape index (κ3) is 7.59. The van der Waals surface area contributed by atoms with E-state index in [9.17, 15) is 20.3 Å². The van der Waals surface area contributed by atoms with Crippen molar-refractivity contribution in [2.45, 2.75) is 44.7 Å². The summed E-state index contributed by atoms with van der Waals surface area (Å²) >= 11 is 0. The van der Waals surface area contributed by atoms with Crippen LogP contribution in [-0.4, -0.2) is 102 Å². The topological polar surface area (TPSA) is 164 Å². The molecular formula is C31H38N6O7. The molecule has 1 amide bonds. The molecule has 2 aliphatic heterocycles. The number of fused-ring (bicyclic) bond motifs is 1. The Hall–Kier alpha value is -3.90. The first kappa shape index (κ1) is 31.5. The fourth-order valence-corrected chi connectivity index (χ4v) is 5.33. The number of anilines is 1. The smallest absolute Gasteiger partial charge is 0.262 e. The number of hydrogen-bond donors (Lipinski definition) is 3. The summed E-state index contributed by atoms with van der Waals surface area (Å²) in [6, 6.07) is 14.1. The molecule has 234 valence electrons. The first-order chi connectivity index (χ1) is 21.4. The first-order valence-electron chi connectivity index (χ1n) is 14.6. The van der Waals surface area contributed by atoms with Gasteiger partial charge in [0.1, 0.15) is 29.5 Å². The molecule has 1 aromatic heterocycles. The third-order valence-corrected chi connectivity index (χ3v) is 7.91. The van der Waals surface area contributed by atoms with Gasteiger partial charge in [-0.1, -0.05) is 30.3 Å². The minimum absolute atomic E-state index is 0.00176. The lowest BCUT2D eigenvalue weighted by Crippen LogP contribution is -2.54. The molecule has 13 nitrogen and oxygen atoms in total. The van der Waals surface area contributed by atoms with Crippen LogP contribution in [0.3, 0.4) is 0 Å². The number of morpholine rings is 1. The molecule has 3 N–H and O–H groups in total. The summed E-state index contributed by atoms with van der Waals surface area (Å²) < 4.78 is 23.4. The lowest BCUT2D eigenvalue weighted by molar-refractivity contribution is -0.277. The predicted octanol–water partition coefficient (Wildman–Crippen LogP) is 1.24. The number of benzene rings is 2. The second-order valence-corrected chi connectivity index (χ2v) is 10.9. The van der Waals surface area contributed by atoms with Gasteiger partial charge in [0.15, 0.2) is 6.29 Å². The van der Waals surface area contributed by atoms with Crippen LogP contribution < -0.4 is 10.2 Å². The average Bonchev–Trinajstić information content (AvgIpc) is 3.50. The Kier molecular flexibility index (Phi) is 10.5. The van der Waals surface area contributed by atoms with Crippen molar-refractivity contribution >= 4 is 28.4 Å². The maximum atomic E-state index is 12.6. The Morgan fingerprint density at radius 1 is 1.18 bits per heavy atom. The zero-order chi connectivity index (χ0) is 31.1. The molecule has 2 saturated heterocycles. The van der Waals surface area contributed by atoms with E-state index in [0.29, 0.717) is 5.69 Å². The molecule has 44 heavy (non-hydrogen) atoms. The highest BCUT2D eigenvalue weighted by Gasteiger charge is 2.42. The van der Waals surface area contributed by atoms with Gasteiger partial charge in [-0.3, -0.25) is 4.79 Å². The number of methoxy groups -OCH3 is 1. The van der Waals surface area contributed by atoms with E-state index in [0.717, 1.165) is 48.3 Å². The Balaban J connectivity index is 1.07. The van der Waals surface area contributed by atoms with Crippen molar-refractivity contribution in [3.63, 3.8) is 0 Å². The summed E-state index contributed by atoms with van der Waals surface area (Å²) in [4.78, 5) is 14.9. The number of hydrogen-bond acceptors (Lipinski definition) is 11. The van der Waals surface area contributed by atoms with Crippen molar-refractivity contribution in [1.82, 2.24) is 20.3 Å². The quantitative estimate of drug-likeness (QED) is 0.163. The molecule has 0 bridgehead atoms. The number of rotatable bonds is 11. The van der Waals surface area contributed by atoms with Gasteiger partial charge >= 0.3 is 0 Å².